The third kappa shape index (κ3) is 3.94. The van der Waals surface area contributed by atoms with Crippen molar-refractivity contribution in [1.82, 2.24) is 14.7 Å². The van der Waals surface area contributed by atoms with Crippen molar-refractivity contribution in [3.8, 4) is 0 Å². The second-order valence-corrected chi connectivity index (χ2v) is 6.80. The first-order chi connectivity index (χ1) is 8.60. The lowest BCUT2D eigenvalue weighted by Crippen LogP contribution is -2.46. The molecule has 3 heteroatoms. The van der Waals surface area contributed by atoms with Gasteiger partial charge < -0.3 is 14.7 Å². The maximum Gasteiger partial charge on any atom is -0.000654 e. The molecule has 0 saturated carbocycles. The molecule has 0 radical (unpaired) electrons. The van der Waals surface area contributed by atoms with Crippen molar-refractivity contribution in [3.63, 3.8) is 0 Å². The van der Waals surface area contributed by atoms with Crippen LogP contribution in [0.3, 0.4) is 0 Å². The van der Waals surface area contributed by atoms with Gasteiger partial charge in [-0.2, -0.15) is 0 Å². The predicted molar refractivity (Wildman–Crippen MR) is 78.0 cm³/mol. The normalized spacial score (nSPS) is 26.0. The topological polar surface area (TPSA) is 9.72 Å². The molecule has 0 unspecified atom stereocenters. The Morgan fingerprint density at radius 1 is 0.944 bits per heavy atom. The summed E-state index contributed by atoms with van der Waals surface area (Å²) in [7, 11) is 6.61. The second kappa shape index (κ2) is 6.36. The molecule has 2 saturated heterocycles. The van der Waals surface area contributed by atoms with E-state index in [1.807, 2.05) is 0 Å². The van der Waals surface area contributed by atoms with Gasteiger partial charge in [-0.15, -0.1) is 0 Å². The summed E-state index contributed by atoms with van der Waals surface area (Å²) in [5.74, 6) is 0. The number of nitrogens with zero attached hydrogens (tertiary/aromatic N) is 3. The van der Waals surface area contributed by atoms with E-state index in [4.69, 9.17) is 0 Å². The molecule has 2 fully saturated rings. The standard InChI is InChI=1S/C15H31N3/c1-16(2)9-4-10-18-13-7-15(8-14-18)5-11-17(3)12-6-15/h4-14H2,1-3H3. The number of likely N-dealkylation sites (tertiary alicyclic amines) is 2. The molecule has 0 aromatic rings. The van der Waals surface area contributed by atoms with Crippen molar-refractivity contribution >= 4 is 0 Å². The molecule has 3 nitrogen and oxygen atoms in total. The highest BCUT2D eigenvalue weighted by molar-refractivity contribution is 4.89. The summed E-state index contributed by atoms with van der Waals surface area (Å²) in [6.45, 7) is 7.86. The summed E-state index contributed by atoms with van der Waals surface area (Å²) in [4.78, 5) is 7.48. The summed E-state index contributed by atoms with van der Waals surface area (Å²) in [6.07, 6.45) is 7.10. The van der Waals surface area contributed by atoms with Gasteiger partial charge in [-0.3, -0.25) is 0 Å². The molecule has 0 amide bonds. The van der Waals surface area contributed by atoms with Crippen LogP contribution in [0.1, 0.15) is 32.1 Å². The minimum absolute atomic E-state index is 0.713. The third-order valence-electron chi connectivity index (χ3n) is 5.04. The van der Waals surface area contributed by atoms with E-state index in [1.54, 1.807) is 0 Å². The van der Waals surface area contributed by atoms with Gasteiger partial charge in [-0.25, -0.2) is 0 Å². The Bertz CT molecular complexity index is 234. The van der Waals surface area contributed by atoms with E-state index in [0.717, 1.165) is 0 Å². The van der Waals surface area contributed by atoms with Crippen LogP contribution in [-0.4, -0.2) is 75.1 Å². The maximum absolute atomic E-state index is 2.69. The first-order valence-corrected chi connectivity index (χ1v) is 7.65. The quantitative estimate of drug-likeness (QED) is 0.756. The first kappa shape index (κ1) is 14.3. The van der Waals surface area contributed by atoms with Crippen LogP contribution in [0.25, 0.3) is 0 Å². The van der Waals surface area contributed by atoms with E-state index in [0.29, 0.717) is 5.41 Å². The van der Waals surface area contributed by atoms with Crippen LogP contribution < -0.4 is 0 Å². The van der Waals surface area contributed by atoms with Crippen molar-refractivity contribution in [3.05, 3.63) is 0 Å². The van der Waals surface area contributed by atoms with Crippen molar-refractivity contribution < 1.29 is 0 Å². The number of hydrogen-bond donors (Lipinski definition) is 0. The van der Waals surface area contributed by atoms with Crippen molar-refractivity contribution in [1.29, 1.82) is 0 Å². The lowest BCUT2D eigenvalue weighted by atomic mass is 9.71. The molecule has 0 aromatic carbocycles. The number of hydrogen-bond acceptors (Lipinski definition) is 3. The zero-order valence-corrected chi connectivity index (χ0v) is 12.6. The highest BCUT2D eigenvalue weighted by Gasteiger charge is 2.36. The van der Waals surface area contributed by atoms with E-state index in [9.17, 15) is 0 Å². The van der Waals surface area contributed by atoms with Gasteiger partial charge in [0.15, 0.2) is 0 Å². The van der Waals surface area contributed by atoms with Gasteiger partial charge in [-0.1, -0.05) is 0 Å². The molecular formula is C15H31N3. The van der Waals surface area contributed by atoms with Gasteiger partial charge in [0.25, 0.3) is 0 Å². The molecule has 1 spiro atoms. The summed E-state index contributed by atoms with van der Waals surface area (Å²) < 4.78 is 0. The van der Waals surface area contributed by atoms with E-state index in [1.165, 1.54) is 71.4 Å². The molecule has 0 bridgehead atoms. The van der Waals surface area contributed by atoms with Gasteiger partial charge in [0.05, 0.1) is 0 Å². The van der Waals surface area contributed by atoms with E-state index < -0.39 is 0 Å². The Morgan fingerprint density at radius 3 is 2.06 bits per heavy atom. The minimum atomic E-state index is 0.713. The number of rotatable bonds is 4. The Balaban J connectivity index is 1.68. The Kier molecular flexibility index (Phi) is 5.05. The lowest BCUT2D eigenvalue weighted by Gasteiger charge is -2.46. The third-order valence-corrected chi connectivity index (χ3v) is 5.04. The average Bonchev–Trinajstić information content (AvgIpc) is 2.35. The number of piperidine rings is 2. The Labute approximate surface area is 113 Å². The van der Waals surface area contributed by atoms with E-state index in [-0.39, 0.29) is 0 Å². The fourth-order valence-electron chi connectivity index (χ4n) is 3.45. The molecule has 0 aromatic heterocycles. The van der Waals surface area contributed by atoms with Crippen molar-refractivity contribution in [2.24, 2.45) is 5.41 Å². The van der Waals surface area contributed by atoms with E-state index >= 15 is 0 Å². The fraction of sp³-hybridized carbons (Fsp3) is 1.00. The van der Waals surface area contributed by atoms with Crippen LogP contribution in [0.2, 0.25) is 0 Å². The van der Waals surface area contributed by atoms with Crippen molar-refractivity contribution in [2.75, 3.05) is 60.4 Å². The fourth-order valence-corrected chi connectivity index (χ4v) is 3.45. The van der Waals surface area contributed by atoms with Crippen LogP contribution >= 0.6 is 0 Å². The highest BCUT2D eigenvalue weighted by Crippen LogP contribution is 2.40. The predicted octanol–water partition coefficient (Wildman–Crippen LogP) is 1.75. The van der Waals surface area contributed by atoms with E-state index in [2.05, 4.69) is 35.8 Å². The first-order valence-electron chi connectivity index (χ1n) is 7.65. The molecule has 2 aliphatic heterocycles. The highest BCUT2D eigenvalue weighted by atomic mass is 15.1. The average molecular weight is 253 g/mol. The van der Waals surface area contributed by atoms with Crippen molar-refractivity contribution in [2.45, 2.75) is 32.1 Å². The molecule has 0 atom stereocenters. The molecule has 0 N–H and O–H groups in total. The molecule has 2 aliphatic rings. The van der Waals surface area contributed by atoms with Gasteiger partial charge in [-0.05, 0) is 97.9 Å². The van der Waals surface area contributed by atoms with Crippen LogP contribution in [0.5, 0.6) is 0 Å². The maximum atomic E-state index is 2.69. The molecular weight excluding hydrogens is 222 g/mol. The Morgan fingerprint density at radius 2 is 1.50 bits per heavy atom. The van der Waals surface area contributed by atoms with Crippen LogP contribution in [0.4, 0.5) is 0 Å². The summed E-state index contributed by atoms with van der Waals surface area (Å²) in [5, 5.41) is 0. The lowest BCUT2D eigenvalue weighted by molar-refractivity contribution is 0.0419. The largest absolute Gasteiger partial charge is 0.309 e. The van der Waals surface area contributed by atoms with Gasteiger partial charge in [0.2, 0.25) is 0 Å². The molecule has 106 valence electrons. The van der Waals surface area contributed by atoms with Gasteiger partial charge in [0, 0.05) is 0 Å². The molecule has 2 rings (SSSR count). The SMILES string of the molecule is CN(C)CCCN1CCC2(CCN(C)CC2)CC1. The minimum Gasteiger partial charge on any atom is -0.309 e. The van der Waals surface area contributed by atoms with Gasteiger partial charge in [0.1, 0.15) is 0 Å². The summed E-state index contributed by atoms with van der Waals surface area (Å²) in [6, 6.07) is 0. The second-order valence-electron chi connectivity index (χ2n) is 6.80. The Hall–Kier alpha value is -0.120. The van der Waals surface area contributed by atoms with Gasteiger partial charge >= 0.3 is 0 Å². The van der Waals surface area contributed by atoms with Crippen LogP contribution in [0, 0.1) is 5.41 Å². The summed E-state index contributed by atoms with van der Waals surface area (Å²) in [5.41, 5.74) is 0.713. The molecule has 2 heterocycles. The van der Waals surface area contributed by atoms with Crippen LogP contribution in [0.15, 0.2) is 0 Å². The zero-order valence-electron chi connectivity index (χ0n) is 12.6. The smallest absolute Gasteiger partial charge is 0.000654 e. The van der Waals surface area contributed by atoms with Crippen LogP contribution in [-0.2, 0) is 0 Å². The molecule has 18 heavy (non-hydrogen) atoms. The monoisotopic (exact) mass is 253 g/mol. The molecule has 0 aliphatic carbocycles. The zero-order chi connectivity index (χ0) is 13.0. The summed E-state index contributed by atoms with van der Waals surface area (Å²) >= 11 is 0.